The molecule has 1 atom stereocenters. The average Bonchev–Trinajstić information content (AvgIpc) is 3.53. The van der Waals surface area contributed by atoms with Crippen molar-refractivity contribution < 1.29 is 13.9 Å². The zero-order valence-electron chi connectivity index (χ0n) is 16.8. The second kappa shape index (κ2) is 8.02. The van der Waals surface area contributed by atoms with Gasteiger partial charge in [-0.2, -0.15) is 0 Å². The van der Waals surface area contributed by atoms with Crippen LogP contribution < -0.4 is 0 Å². The fraction of sp³-hybridized carbons (Fsp3) is 0.739. The predicted molar refractivity (Wildman–Crippen MR) is 107 cm³/mol. The number of halogens is 1. The lowest BCUT2D eigenvalue weighted by molar-refractivity contribution is -0.218. The van der Waals surface area contributed by atoms with Gasteiger partial charge in [-0.25, -0.2) is 4.39 Å². The van der Waals surface area contributed by atoms with Crippen LogP contribution in [0.25, 0.3) is 0 Å². The standard InChI is InChI=1S/C23H33FN2O2/c24-20-3-1-2-19(14-20)15-25-10-6-21(7-11-25)26-16-22(28-17-18-4-5-18)23(26)8-12-27-13-9-23/h1-3,14,18,21-22H,4-13,15-17H2. The Kier molecular flexibility index (Phi) is 5.44. The number of hydrogen-bond donors (Lipinski definition) is 0. The van der Waals surface area contributed by atoms with Crippen molar-refractivity contribution in [2.75, 3.05) is 39.5 Å². The molecule has 0 bridgehead atoms. The molecule has 28 heavy (non-hydrogen) atoms. The first-order valence-corrected chi connectivity index (χ1v) is 11.2. The van der Waals surface area contributed by atoms with Gasteiger partial charge in [-0.15, -0.1) is 0 Å². The average molecular weight is 389 g/mol. The van der Waals surface area contributed by atoms with Crippen molar-refractivity contribution in [3.05, 3.63) is 35.6 Å². The van der Waals surface area contributed by atoms with E-state index in [2.05, 4.69) is 9.80 Å². The molecule has 3 aliphatic heterocycles. The van der Waals surface area contributed by atoms with Crippen molar-refractivity contribution in [2.24, 2.45) is 5.92 Å². The summed E-state index contributed by atoms with van der Waals surface area (Å²) in [5, 5.41) is 0. The van der Waals surface area contributed by atoms with Crippen molar-refractivity contribution in [2.45, 2.75) is 62.8 Å². The van der Waals surface area contributed by atoms with E-state index < -0.39 is 0 Å². The van der Waals surface area contributed by atoms with Gasteiger partial charge < -0.3 is 9.47 Å². The molecule has 1 spiro atoms. The minimum absolute atomic E-state index is 0.133. The Hall–Kier alpha value is -1.01. The summed E-state index contributed by atoms with van der Waals surface area (Å²) in [4.78, 5) is 5.25. The summed E-state index contributed by atoms with van der Waals surface area (Å²) in [5.41, 5.74) is 1.31. The molecule has 1 aromatic rings. The maximum atomic E-state index is 13.5. The molecule has 4 fully saturated rings. The summed E-state index contributed by atoms with van der Waals surface area (Å²) in [6, 6.07) is 7.69. The van der Waals surface area contributed by atoms with E-state index in [4.69, 9.17) is 9.47 Å². The molecule has 154 valence electrons. The van der Waals surface area contributed by atoms with E-state index in [-0.39, 0.29) is 11.4 Å². The third kappa shape index (κ3) is 3.87. The first-order valence-electron chi connectivity index (χ1n) is 11.2. The Morgan fingerprint density at radius 1 is 1.11 bits per heavy atom. The Morgan fingerprint density at radius 3 is 2.61 bits per heavy atom. The van der Waals surface area contributed by atoms with E-state index in [1.165, 1.54) is 31.7 Å². The highest BCUT2D eigenvalue weighted by Crippen LogP contribution is 2.45. The highest BCUT2D eigenvalue weighted by molar-refractivity contribution is 5.16. The van der Waals surface area contributed by atoms with Crippen LogP contribution in [0.3, 0.4) is 0 Å². The summed E-state index contributed by atoms with van der Waals surface area (Å²) in [7, 11) is 0. The summed E-state index contributed by atoms with van der Waals surface area (Å²) < 4.78 is 25.5. The van der Waals surface area contributed by atoms with Crippen LogP contribution in [-0.4, -0.2) is 66.9 Å². The molecule has 5 rings (SSSR count). The van der Waals surface area contributed by atoms with Crippen molar-refractivity contribution in [1.82, 2.24) is 9.80 Å². The van der Waals surface area contributed by atoms with Gasteiger partial charge in [0, 0.05) is 39.0 Å². The van der Waals surface area contributed by atoms with Gasteiger partial charge in [0.15, 0.2) is 0 Å². The number of nitrogens with zero attached hydrogens (tertiary/aromatic N) is 2. The van der Waals surface area contributed by atoms with Crippen LogP contribution in [0.5, 0.6) is 0 Å². The molecule has 1 aliphatic carbocycles. The second-order valence-corrected chi connectivity index (χ2v) is 9.27. The fourth-order valence-corrected chi connectivity index (χ4v) is 5.48. The molecule has 4 nitrogen and oxygen atoms in total. The van der Waals surface area contributed by atoms with Crippen molar-refractivity contribution >= 4 is 0 Å². The normalized spacial score (nSPS) is 29.1. The fourth-order valence-electron chi connectivity index (χ4n) is 5.48. The highest BCUT2D eigenvalue weighted by atomic mass is 19.1. The van der Waals surface area contributed by atoms with Gasteiger partial charge in [-0.3, -0.25) is 9.80 Å². The van der Waals surface area contributed by atoms with Gasteiger partial charge in [-0.05, 0) is 75.2 Å². The van der Waals surface area contributed by atoms with Crippen LogP contribution in [0.1, 0.15) is 44.1 Å². The summed E-state index contributed by atoms with van der Waals surface area (Å²) in [5.74, 6) is 0.698. The lowest BCUT2D eigenvalue weighted by Crippen LogP contribution is -2.76. The molecule has 4 aliphatic rings. The van der Waals surface area contributed by atoms with Gasteiger partial charge in [-0.1, -0.05) is 12.1 Å². The van der Waals surface area contributed by atoms with Crippen molar-refractivity contribution in [3.8, 4) is 0 Å². The largest absolute Gasteiger partial charge is 0.381 e. The first kappa shape index (κ1) is 19.0. The molecule has 0 radical (unpaired) electrons. The summed E-state index contributed by atoms with van der Waals surface area (Å²) >= 11 is 0. The SMILES string of the molecule is Fc1cccc(CN2CCC(N3CC(OCC4CC4)C34CCOCC4)CC2)c1. The van der Waals surface area contributed by atoms with E-state index in [0.717, 1.165) is 70.3 Å². The number of rotatable bonds is 6. The van der Waals surface area contributed by atoms with Crippen LogP contribution in [0.2, 0.25) is 0 Å². The van der Waals surface area contributed by atoms with Gasteiger partial charge in [0.25, 0.3) is 0 Å². The van der Waals surface area contributed by atoms with Gasteiger partial charge in [0.1, 0.15) is 5.82 Å². The zero-order valence-corrected chi connectivity index (χ0v) is 16.8. The number of ether oxygens (including phenoxy) is 2. The second-order valence-electron chi connectivity index (χ2n) is 9.27. The van der Waals surface area contributed by atoms with E-state index in [1.807, 2.05) is 12.1 Å². The Morgan fingerprint density at radius 2 is 1.89 bits per heavy atom. The number of piperidine rings is 1. The number of hydrogen-bond acceptors (Lipinski definition) is 4. The van der Waals surface area contributed by atoms with Crippen LogP contribution >= 0.6 is 0 Å². The lowest BCUT2D eigenvalue weighted by atomic mass is 9.73. The maximum Gasteiger partial charge on any atom is 0.123 e. The number of likely N-dealkylation sites (tertiary alicyclic amines) is 2. The van der Waals surface area contributed by atoms with Crippen LogP contribution in [0.4, 0.5) is 4.39 Å². The minimum Gasteiger partial charge on any atom is -0.381 e. The lowest BCUT2D eigenvalue weighted by Gasteiger charge is -2.63. The Bertz CT molecular complexity index is 666. The predicted octanol–water partition coefficient (Wildman–Crippen LogP) is 3.45. The monoisotopic (exact) mass is 388 g/mol. The molecule has 0 N–H and O–H groups in total. The summed E-state index contributed by atoms with van der Waals surface area (Å²) in [6.45, 7) is 6.86. The Balaban J connectivity index is 1.17. The molecule has 5 heteroatoms. The number of benzene rings is 1. The van der Waals surface area contributed by atoms with Crippen LogP contribution in [0, 0.1) is 11.7 Å². The molecule has 3 heterocycles. The molecule has 0 amide bonds. The molecular formula is C23H33FN2O2. The van der Waals surface area contributed by atoms with E-state index in [0.29, 0.717) is 12.1 Å². The molecule has 1 saturated carbocycles. The van der Waals surface area contributed by atoms with E-state index >= 15 is 0 Å². The molecule has 1 aromatic carbocycles. The van der Waals surface area contributed by atoms with Crippen LogP contribution in [-0.2, 0) is 16.0 Å². The topological polar surface area (TPSA) is 24.9 Å². The first-order chi connectivity index (χ1) is 13.7. The molecule has 1 unspecified atom stereocenters. The third-order valence-corrected chi connectivity index (χ3v) is 7.42. The third-order valence-electron chi connectivity index (χ3n) is 7.42. The van der Waals surface area contributed by atoms with Crippen LogP contribution in [0.15, 0.2) is 24.3 Å². The highest BCUT2D eigenvalue weighted by Gasteiger charge is 2.57. The quantitative estimate of drug-likeness (QED) is 0.745. The van der Waals surface area contributed by atoms with Gasteiger partial charge >= 0.3 is 0 Å². The Labute approximate surface area is 168 Å². The smallest absolute Gasteiger partial charge is 0.123 e. The van der Waals surface area contributed by atoms with E-state index in [9.17, 15) is 4.39 Å². The van der Waals surface area contributed by atoms with Crippen molar-refractivity contribution in [1.29, 1.82) is 0 Å². The molecular weight excluding hydrogens is 355 g/mol. The molecule has 0 aromatic heterocycles. The zero-order chi connectivity index (χ0) is 19.0. The molecule has 3 saturated heterocycles. The van der Waals surface area contributed by atoms with Gasteiger partial charge in [0.2, 0.25) is 0 Å². The van der Waals surface area contributed by atoms with Gasteiger partial charge in [0.05, 0.1) is 11.6 Å². The van der Waals surface area contributed by atoms with E-state index in [1.54, 1.807) is 6.07 Å². The minimum atomic E-state index is -0.133. The summed E-state index contributed by atoms with van der Waals surface area (Å²) in [6.07, 6.45) is 7.76. The maximum absolute atomic E-state index is 13.5. The van der Waals surface area contributed by atoms with Crippen molar-refractivity contribution in [3.63, 3.8) is 0 Å².